The molecule has 1 aliphatic heterocycles. The van der Waals surface area contributed by atoms with Crippen molar-refractivity contribution in [3.63, 3.8) is 0 Å². The fourth-order valence-corrected chi connectivity index (χ4v) is 5.56. The third-order valence-electron chi connectivity index (χ3n) is 8.05. The van der Waals surface area contributed by atoms with Crippen LogP contribution in [0.4, 0.5) is 22.4 Å². The number of hydrogen-bond donors (Lipinski definition) is 2. The lowest BCUT2D eigenvalue weighted by atomic mass is 9.91. The van der Waals surface area contributed by atoms with Crippen LogP contribution >= 0.6 is 0 Å². The number of aryl methyl sites for hydroxylation is 1. The van der Waals surface area contributed by atoms with Gasteiger partial charge in [0, 0.05) is 43.4 Å². The highest BCUT2D eigenvalue weighted by molar-refractivity contribution is 5.89. The molecule has 1 saturated heterocycles. The molecule has 6 rings (SSSR count). The molecule has 1 amide bonds. The molecule has 17 heteroatoms. The summed E-state index contributed by atoms with van der Waals surface area (Å²) in [7, 11) is 1.69. The fraction of sp³-hybridized carbons (Fsp3) is 0.333. The molecular formula is C30H28F4N8O5. The first kappa shape index (κ1) is 31.8. The van der Waals surface area contributed by atoms with E-state index >= 15 is 0 Å². The van der Waals surface area contributed by atoms with Gasteiger partial charge in [-0.3, -0.25) is 18.9 Å². The SMILES string of the molecule is Cn1nc2c(=O)n(CC3(O)CCN(Cc4ccc(-c5noc(C(F)(F)F)n5)cc4F)CC3)cnc2c1-c1ccc(COC(N)=O)cc1. The number of nitrogens with zero attached hydrogens (tertiary/aromatic N) is 7. The van der Waals surface area contributed by atoms with Crippen molar-refractivity contribution in [2.45, 2.75) is 44.3 Å². The Labute approximate surface area is 263 Å². The predicted molar refractivity (Wildman–Crippen MR) is 157 cm³/mol. The molecule has 0 bridgehead atoms. The van der Waals surface area contributed by atoms with Crippen LogP contribution in [0.3, 0.4) is 0 Å². The second kappa shape index (κ2) is 12.2. The van der Waals surface area contributed by atoms with E-state index in [0.29, 0.717) is 42.7 Å². The van der Waals surface area contributed by atoms with Gasteiger partial charge in [-0.15, -0.1) is 0 Å². The first-order chi connectivity index (χ1) is 22.3. The highest BCUT2D eigenvalue weighted by Gasteiger charge is 2.38. The Kier molecular flexibility index (Phi) is 8.27. The topological polar surface area (TPSA) is 167 Å². The number of piperidine rings is 1. The van der Waals surface area contributed by atoms with E-state index in [-0.39, 0.29) is 36.6 Å². The standard InChI is InChI=1S/C30H28F4N8O5/c1-40-24(18-4-2-17(3-5-18)14-46-28(35)44)22-23(38-40)26(43)42(16-36-22)15-29(45)8-10-41(11-9-29)13-20-7-6-19(12-21(20)31)25-37-27(47-39-25)30(32,33)34/h2-7,12,16,45H,8-11,13-15H2,1H3,(H2,35,44). The number of fused-ring (bicyclic) bond motifs is 1. The summed E-state index contributed by atoms with van der Waals surface area (Å²) in [6, 6.07) is 11.0. The Balaban J connectivity index is 1.11. The highest BCUT2D eigenvalue weighted by atomic mass is 19.4. The molecule has 0 atom stereocenters. The largest absolute Gasteiger partial charge is 0.471 e. The van der Waals surface area contributed by atoms with Gasteiger partial charge in [0.1, 0.15) is 17.9 Å². The van der Waals surface area contributed by atoms with E-state index in [0.717, 1.165) is 17.2 Å². The van der Waals surface area contributed by atoms with E-state index in [1.54, 1.807) is 36.0 Å². The summed E-state index contributed by atoms with van der Waals surface area (Å²) in [5, 5.41) is 19.1. The van der Waals surface area contributed by atoms with Crippen LogP contribution in [0.5, 0.6) is 0 Å². The number of benzene rings is 2. The number of carbonyl (C=O) groups excluding carboxylic acids is 1. The summed E-state index contributed by atoms with van der Waals surface area (Å²) < 4.78 is 65.1. The zero-order valence-electron chi connectivity index (χ0n) is 24.9. The number of nitrogens with two attached hydrogens (primary N) is 1. The predicted octanol–water partition coefficient (Wildman–Crippen LogP) is 3.63. The van der Waals surface area contributed by atoms with Crippen molar-refractivity contribution < 1.29 is 36.7 Å². The first-order valence-corrected chi connectivity index (χ1v) is 14.4. The van der Waals surface area contributed by atoms with Gasteiger partial charge in [-0.25, -0.2) is 14.2 Å². The number of aliphatic hydroxyl groups is 1. The summed E-state index contributed by atoms with van der Waals surface area (Å²) in [4.78, 5) is 34.0. The molecule has 4 heterocycles. The van der Waals surface area contributed by atoms with E-state index < -0.39 is 35.1 Å². The number of likely N-dealkylation sites (tertiary alicyclic amines) is 1. The molecule has 2 aromatic carbocycles. The van der Waals surface area contributed by atoms with Gasteiger partial charge in [0.25, 0.3) is 5.56 Å². The van der Waals surface area contributed by atoms with Crippen LogP contribution in [-0.4, -0.2) is 64.3 Å². The normalized spacial score (nSPS) is 15.3. The Morgan fingerprint density at radius 3 is 2.45 bits per heavy atom. The van der Waals surface area contributed by atoms with Gasteiger partial charge >= 0.3 is 18.2 Å². The van der Waals surface area contributed by atoms with E-state index in [2.05, 4.69) is 24.7 Å². The number of ether oxygens (including phenoxy) is 1. The molecule has 0 aliphatic carbocycles. The molecule has 0 spiro atoms. The molecule has 0 unspecified atom stereocenters. The summed E-state index contributed by atoms with van der Waals surface area (Å²) in [5.41, 5.74) is 6.34. The van der Waals surface area contributed by atoms with Crippen LogP contribution < -0.4 is 11.3 Å². The van der Waals surface area contributed by atoms with Gasteiger partial charge in [-0.05, 0) is 24.5 Å². The molecule has 1 aliphatic rings. The Bertz CT molecular complexity index is 2000. The second-order valence-corrected chi connectivity index (χ2v) is 11.4. The van der Waals surface area contributed by atoms with Crippen molar-refractivity contribution >= 4 is 17.1 Å². The third kappa shape index (κ3) is 6.71. The molecule has 246 valence electrons. The summed E-state index contributed by atoms with van der Waals surface area (Å²) in [6.07, 6.45) is -3.72. The Hall–Kier alpha value is -5.16. The van der Waals surface area contributed by atoms with Gasteiger partial charge in [-0.1, -0.05) is 41.6 Å². The second-order valence-electron chi connectivity index (χ2n) is 11.4. The minimum absolute atomic E-state index is 0.0171. The average molecular weight is 657 g/mol. The molecule has 3 aromatic heterocycles. The summed E-state index contributed by atoms with van der Waals surface area (Å²) in [6.45, 7) is 1.00. The summed E-state index contributed by atoms with van der Waals surface area (Å²) >= 11 is 0. The van der Waals surface area contributed by atoms with E-state index in [1.165, 1.54) is 23.0 Å². The Morgan fingerprint density at radius 1 is 1.11 bits per heavy atom. The molecule has 0 saturated carbocycles. The van der Waals surface area contributed by atoms with E-state index in [9.17, 15) is 32.3 Å². The number of aromatic nitrogens is 6. The maximum absolute atomic E-state index is 14.9. The van der Waals surface area contributed by atoms with Gasteiger partial charge in [-0.2, -0.15) is 23.3 Å². The van der Waals surface area contributed by atoms with E-state index in [1.807, 2.05) is 4.90 Å². The quantitative estimate of drug-likeness (QED) is 0.236. The molecule has 1 fully saturated rings. The van der Waals surface area contributed by atoms with Crippen molar-refractivity contribution in [3.8, 4) is 22.6 Å². The number of primary amides is 1. The molecule has 0 radical (unpaired) electrons. The van der Waals surface area contributed by atoms with Crippen LogP contribution in [0, 0.1) is 5.82 Å². The smallest absolute Gasteiger partial charge is 0.445 e. The first-order valence-electron chi connectivity index (χ1n) is 14.4. The van der Waals surface area contributed by atoms with Crippen LogP contribution in [0.25, 0.3) is 33.7 Å². The zero-order valence-corrected chi connectivity index (χ0v) is 24.9. The van der Waals surface area contributed by atoms with Crippen molar-refractivity contribution in [2.24, 2.45) is 12.8 Å². The van der Waals surface area contributed by atoms with Gasteiger partial charge in [0.2, 0.25) is 5.82 Å². The minimum Gasteiger partial charge on any atom is -0.445 e. The van der Waals surface area contributed by atoms with Gasteiger partial charge < -0.3 is 20.1 Å². The maximum atomic E-state index is 14.9. The van der Waals surface area contributed by atoms with Gasteiger partial charge in [0.05, 0.1) is 24.2 Å². The van der Waals surface area contributed by atoms with Crippen molar-refractivity contribution in [3.05, 3.63) is 82.0 Å². The molecule has 3 N–H and O–H groups in total. The number of rotatable bonds is 8. The van der Waals surface area contributed by atoms with Crippen LogP contribution in [0.2, 0.25) is 0 Å². The lowest BCUT2D eigenvalue weighted by Gasteiger charge is -2.38. The number of hydrogen-bond acceptors (Lipinski definition) is 10. The van der Waals surface area contributed by atoms with Crippen molar-refractivity contribution in [1.29, 1.82) is 0 Å². The number of amides is 1. The minimum atomic E-state index is -4.81. The monoisotopic (exact) mass is 656 g/mol. The van der Waals surface area contributed by atoms with E-state index in [4.69, 9.17) is 10.5 Å². The van der Waals surface area contributed by atoms with Crippen LogP contribution in [0.1, 0.15) is 29.9 Å². The molecule has 13 nitrogen and oxygen atoms in total. The van der Waals surface area contributed by atoms with Crippen LogP contribution in [0.15, 0.2) is 58.1 Å². The zero-order chi connectivity index (χ0) is 33.5. The number of alkyl halides is 3. The molecular weight excluding hydrogens is 628 g/mol. The third-order valence-corrected chi connectivity index (χ3v) is 8.05. The fourth-order valence-electron chi connectivity index (χ4n) is 5.56. The van der Waals surface area contributed by atoms with Crippen molar-refractivity contribution in [2.75, 3.05) is 13.1 Å². The van der Waals surface area contributed by atoms with Gasteiger partial charge in [0.15, 0.2) is 5.52 Å². The molecule has 5 aromatic rings. The average Bonchev–Trinajstić information content (AvgIpc) is 3.66. The molecule has 47 heavy (non-hydrogen) atoms. The lowest BCUT2D eigenvalue weighted by Crippen LogP contribution is -2.47. The Morgan fingerprint density at radius 2 is 1.81 bits per heavy atom. The van der Waals surface area contributed by atoms with Crippen LogP contribution in [-0.2, 0) is 37.7 Å². The highest BCUT2D eigenvalue weighted by Crippen LogP contribution is 2.31. The summed E-state index contributed by atoms with van der Waals surface area (Å²) in [5.74, 6) is -2.54. The van der Waals surface area contributed by atoms with Crippen molar-refractivity contribution in [1.82, 2.24) is 34.4 Å². The number of halogens is 4. The lowest BCUT2D eigenvalue weighted by molar-refractivity contribution is -0.159. The maximum Gasteiger partial charge on any atom is 0.471 e. The number of carbonyl (C=O) groups is 1.